The van der Waals surface area contributed by atoms with Gasteiger partial charge in [-0.15, -0.1) is 13.2 Å². The minimum atomic E-state index is -4.86. The highest BCUT2D eigenvalue weighted by Crippen LogP contribution is 2.44. The molecular weight excluding hydrogens is 659 g/mol. The normalized spacial score (nSPS) is 17.2. The van der Waals surface area contributed by atoms with Crippen molar-refractivity contribution in [1.29, 1.82) is 0 Å². The van der Waals surface area contributed by atoms with Crippen LogP contribution in [0.25, 0.3) is 10.4 Å². The van der Waals surface area contributed by atoms with Gasteiger partial charge in [0.15, 0.2) is 11.6 Å². The number of esters is 1. The van der Waals surface area contributed by atoms with Crippen LogP contribution in [0, 0.1) is 0 Å². The van der Waals surface area contributed by atoms with Gasteiger partial charge in [-0.05, 0) is 85.8 Å². The number of halogens is 3. The van der Waals surface area contributed by atoms with E-state index in [-0.39, 0.29) is 38.4 Å². The minimum absolute atomic E-state index is 0.0174. The first-order valence-corrected chi connectivity index (χ1v) is 15.8. The minimum Gasteiger partial charge on any atom is -0.494 e. The molecular formula is C35H38F3N5O7. The van der Waals surface area contributed by atoms with Crippen molar-refractivity contribution in [2.24, 2.45) is 10.1 Å². The smallest absolute Gasteiger partial charge is 0.494 e. The van der Waals surface area contributed by atoms with Gasteiger partial charge >= 0.3 is 12.3 Å². The fourth-order valence-electron chi connectivity index (χ4n) is 5.22. The van der Waals surface area contributed by atoms with Gasteiger partial charge in [0, 0.05) is 36.5 Å². The lowest BCUT2D eigenvalue weighted by molar-refractivity contribution is -0.274. The molecule has 1 amide bonds. The van der Waals surface area contributed by atoms with E-state index in [9.17, 15) is 22.8 Å². The van der Waals surface area contributed by atoms with Crippen LogP contribution >= 0.6 is 0 Å². The number of carbonyl (C=O) groups excluding carboxylic acids is 2. The Morgan fingerprint density at radius 3 is 2.36 bits per heavy atom. The van der Waals surface area contributed by atoms with Gasteiger partial charge in [0.05, 0.1) is 13.2 Å². The largest absolute Gasteiger partial charge is 0.573 e. The van der Waals surface area contributed by atoms with Gasteiger partial charge in [0.1, 0.15) is 17.1 Å². The number of benzene rings is 3. The van der Waals surface area contributed by atoms with Crippen molar-refractivity contribution in [2.45, 2.75) is 76.7 Å². The predicted molar refractivity (Wildman–Crippen MR) is 176 cm³/mol. The van der Waals surface area contributed by atoms with Gasteiger partial charge < -0.3 is 29.4 Å². The molecule has 0 aromatic heterocycles. The Labute approximate surface area is 286 Å². The van der Waals surface area contributed by atoms with Crippen molar-refractivity contribution in [1.82, 2.24) is 5.32 Å². The number of nitrogens with zero attached hydrogens (tertiary/aromatic N) is 4. The van der Waals surface area contributed by atoms with Crippen LogP contribution in [-0.2, 0) is 32.2 Å². The van der Waals surface area contributed by atoms with Crippen molar-refractivity contribution in [3.05, 3.63) is 105 Å². The van der Waals surface area contributed by atoms with Crippen LogP contribution in [0.5, 0.6) is 11.5 Å². The van der Waals surface area contributed by atoms with E-state index in [4.69, 9.17) is 29.8 Å². The molecule has 3 aromatic rings. The van der Waals surface area contributed by atoms with Gasteiger partial charge in [-0.3, -0.25) is 9.59 Å². The van der Waals surface area contributed by atoms with E-state index in [1.54, 1.807) is 69.3 Å². The van der Waals surface area contributed by atoms with E-state index in [2.05, 4.69) is 20.1 Å². The number of nitrogens with one attached hydrogen (secondary N) is 1. The molecule has 0 aliphatic carbocycles. The average molecular weight is 698 g/mol. The summed E-state index contributed by atoms with van der Waals surface area (Å²) >= 11 is 0. The third-order valence-corrected chi connectivity index (χ3v) is 7.41. The lowest BCUT2D eigenvalue weighted by Gasteiger charge is -2.32. The second-order valence-electron chi connectivity index (χ2n) is 12.3. The molecule has 50 heavy (non-hydrogen) atoms. The zero-order chi connectivity index (χ0) is 36.4. The maximum Gasteiger partial charge on any atom is 0.573 e. The Hall–Kier alpha value is -5.27. The number of alkyl halides is 3. The van der Waals surface area contributed by atoms with Gasteiger partial charge in [0.2, 0.25) is 5.90 Å². The number of hydrogen-bond acceptors (Lipinski definition) is 9. The molecule has 15 heteroatoms. The second kappa shape index (κ2) is 16.4. The zero-order valence-electron chi connectivity index (χ0n) is 27.8. The van der Waals surface area contributed by atoms with Crippen LogP contribution in [0.2, 0.25) is 0 Å². The molecule has 2 N–H and O–H groups in total. The summed E-state index contributed by atoms with van der Waals surface area (Å²) in [5.74, 6) is -0.971. The Morgan fingerprint density at radius 1 is 1.04 bits per heavy atom. The van der Waals surface area contributed by atoms with E-state index in [1.807, 2.05) is 0 Å². The summed E-state index contributed by atoms with van der Waals surface area (Å²) in [5.41, 5.74) is 8.53. The molecule has 1 heterocycles. The highest BCUT2D eigenvalue weighted by molar-refractivity contribution is 6.01. The maximum absolute atomic E-state index is 14.4. The third kappa shape index (κ3) is 10.4. The highest BCUT2D eigenvalue weighted by Gasteiger charge is 2.53. The summed E-state index contributed by atoms with van der Waals surface area (Å²) in [7, 11) is 0. The summed E-state index contributed by atoms with van der Waals surface area (Å²) in [5, 5.41) is 15.6. The predicted octanol–water partition coefficient (Wildman–Crippen LogP) is 6.85. The standard InChI is InChI=1S/C35H38F3N5O7/c1-33(2,3)50-29(45)17-18-34(32(46)40-21-23-9-13-27(14-10-23)49-35(36,37)38)30(28-8-5-4-7-25(28)22-41-43-39)48-31(42-34)24-11-15-26(16-12-24)47-20-6-19-44/h4-5,7-16,30,44H,6,17-22H2,1-3H3,(H,40,46)/t30-,34-/m1/s1. The SMILES string of the molecule is CC(C)(C)OC(=O)CC[C@@]1(C(=O)NCc2ccc(OC(F)(F)F)cc2)N=C(c2ccc(OCCCO)cc2)O[C@@H]1c1ccccc1CN=[N+]=[N-]. The molecule has 2 atom stereocenters. The number of hydrogen-bond donors (Lipinski definition) is 2. The Bertz CT molecular complexity index is 1700. The first-order chi connectivity index (χ1) is 23.7. The molecule has 0 spiro atoms. The van der Waals surface area contributed by atoms with Gasteiger partial charge in [-0.2, -0.15) is 0 Å². The molecule has 0 saturated heterocycles. The van der Waals surface area contributed by atoms with Gasteiger partial charge in [-0.1, -0.05) is 41.5 Å². The van der Waals surface area contributed by atoms with Crippen molar-refractivity contribution in [3.63, 3.8) is 0 Å². The fourth-order valence-corrected chi connectivity index (χ4v) is 5.22. The number of amides is 1. The molecule has 0 bridgehead atoms. The fraction of sp³-hybridized carbons (Fsp3) is 0.400. The summed E-state index contributed by atoms with van der Waals surface area (Å²) in [6.07, 6.45) is -5.88. The number of aliphatic imine (C=N–C) groups is 1. The maximum atomic E-state index is 14.4. The van der Waals surface area contributed by atoms with Crippen molar-refractivity contribution in [3.8, 4) is 11.5 Å². The van der Waals surface area contributed by atoms with E-state index >= 15 is 0 Å². The van der Waals surface area contributed by atoms with E-state index in [1.165, 1.54) is 12.1 Å². The molecule has 0 radical (unpaired) electrons. The number of azide groups is 1. The number of rotatable bonds is 15. The Balaban J connectivity index is 1.75. The molecule has 0 saturated carbocycles. The lowest BCUT2D eigenvalue weighted by atomic mass is 9.81. The van der Waals surface area contributed by atoms with Crippen LogP contribution < -0.4 is 14.8 Å². The van der Waals surface area contributed by atoms with Crippen LogP contribution in [0.15, 0.2) is 82.9 Å². The van der Waals surface area contributed by atoms with E-state index in [0.29, 0.717) is 41.0 Å². The first kappa shape index (κ1) is 37.5. The van der Waals surface area contributed by atoms with Crippen LogP contribution in [0.3, 0.4) is 0 Å². The van der Waals surface area contributed by atoms with Gasteiger partial charge in [-0.25, -0.2) is 4.99 Å². The molecule has 3 aromatic carbocycles. The zero-order valence-corrected chi connectivity index (χ0v) is 27.8. The molecule has 0 fully saturated rings. The Kier molecular flexibility index (Phi) is 12.3. The molecule has 1 aliphatic heterocycles. The van der Waals surface area contributed by atoms with Crippen molar-refractivity contribution in [2.75, 3.05) is 13.2 Å². The quantitative estimate of drug-likeness (QED) is 0.0576. The lowest BCUT2D eigenvalue weighted by Crippen LogP contribution is -2.48. The average Bonchev–Trinajstić information content (AvgIpc) is 3.46. The molecule has 4 rings (SSSR count). The van der Waals surface area contributed by atoms with E-state index in [0.717, 1.165) is 12.1 Å². The number of carbonyl (C=O) groups is 2. The number of aliphatic hydroxyl groups excluding tert-OH is 1. The molecule has 0 unspecified atom stereocenters. The molecule has 12 nitrogen and oxygen atoms in total. The van der Waals surface area contributed by atoms with E-state index < -0.39 is 41.2 Å². The number of ether oxygens (including phenoxy) is 4. The Morgan fingerprint density at radius 2 is 1.72 bits per heavy atom. The summed E-state index contributed by atoms with van der Waals surface area (Å²) in [4.78, 5) is 35.2. The third-order valence-electron chi connectivity index (χ3n) is 7.41. The summed E-state index contributed by atoms with van der Waals surface area (Å²) in [6.45, 7) is 5.30. The second-order valence-corrected chi connectivity index (χ2v) is 12.3. The van der Waals surface area contributed by atoms with Crippen LogP contribution in [0.1, 0.15) is 68.4 Å². The summed E-state index contributed by atoms with van der Waals surface area (Å²) in [6, 6.07) is 18.7. The monoisotopic (exact) mass is 697 g/mol. The van der Waals surface area contributed by atoms with Crippen molar-refractivity contribution >= 4 is 17.8 Å². The first-order valence-electron chi connectivity index (χ1n) is 15.8. The van der Waals surface area contributed by atoms with Gasteiger partial charge in [0.25, 0.3) is 5.91 Å². The van der Waals surface area contributed by atoms with Crippen LogP contribution in [0.4, 0.5) is 13.2 Å². The highest BCUT2D eigenvalue weighted by atomic mass is 19.4. The van der Waals surface area contributed by atoms with Crippen molar-refractivity contribution < 1.29 is 46.8 Å². The number of aliphatic hydroxyl groups is 1. The summed E-state index contributed by atoms with van der Waals surface area (Å²) < 4.78 is 59.6. The molecule has 1 aliphatic rings. The molecule has 266 valence electrons. The topological polar surface area (TPSA) is 164 Å². The van der Waals surface area contributed by atoms with Crippen LogP contribution in [-0.4, -0.2) is 53.6 Å².